The van der Waals surface area contributed by atoms with Gasteiger partial charge in [-0.25, -0.2) is 0 Å². The average Bonchev–Trinajstić information content (AvgIpc) is 2.65. The summed E-state index contributed by atoms with van der Waals surface area (Å²) < 4.78 is 0.831. The molecule has 6 heteroatoms. The Bertz CT molecular complexity index is 515. The third-order valence-corrected chi connectivity index (χ3v) is 3.54. The van der Waals surface area contributed by atoms with Gasteiger partial charge in [0, 0.05) is 12.4 Å². The molecule has 0 amide bonds. The molecule has 4 nitrogen and oxygen atoms in total. The lowest BCUT2D eigenvalue weighted by molar-refractivity contribution is 0.983. The van der Waals surface area contributed by atoms with Gasteiger partial charge < -0.3 is 0 Å². The highest BCUT2D eigenvalue weighted by molar-refractivity contribution is 8.01. The molecule has 74 valence electrons. The average molecular weight is 234 g/mol. The van der Waals surface area contributed by atoms with E-state index in [9.17, 15) is 0 Å². The van der Waals surface area contributed by atoms with Crippen LogP contribution in [0.3, 0.4) is 0 Å². The minimum absolute atomic E-state index is 0.614. The van der Waals surface area contributed by atoms with E-state index in [2.05, 4.69) is 21.3 Å². The molecule has 2 aromatic rings. The molecule has 0 aliphatic heterocycles. The Balaban J connectivity index is 2.28. The fraction of sp³-hybridized carbons (Fsp3) is 0.111. The number of hydrogen-bond acceptors (Lipinski definition) is 6. The molecule has 0 aliphatic rings. The topological polar surface area (TPSA) is 62.5 Å². The van der Waals surface area contributed by atoms with Crippen LogP contribution in [-0.2, 0) is 0 Å². The van der Waals surface area contributed by atoms with E-state index in [-0.39, 0.29) is 0 Å². The summed E-state index contributed by atoms with van der Waals surface area (Å²) in [7, 11) is 0. The maximum atomic E-state index is 8.88. The van der Waals surface area contributed by atoms with Gasteiger partial charge in [0.2, 0.25) is 0 Å². The first-order valence-corrected chi connectivity index (χ1v) is 5.75. The zero-order valence-electron chi connectivity index (χ0n) is 7.84. The Kier molecular flexibility index (Phi) is 2.94. The Morgan fingerprint density at radius 1 is 1.47 bits per heavy atom. The van der Waals surface area contributed by atoms with Crippen molar-refractivity contribution in [2.24, 2.45) is 0 Å². The number of pyridine rings is 1. The van der Waals surface area contributed by atoms with Gasteiger partial charge in [0.1, 0.15) is 11.1 Å². The first-order chi connectivity index (χ1) is 7.29. The van der Waals surface area contributed by atoms with Gasteiger partial charge in [-0.3, -0.25) is 4.98 Å². The van der Waals surface area contributed by atoms with E-state index >= 15 is 0 Å². The van der Waals surface area contributed by atoms with E-state index in [1.807, 2.05) is 6.92 Å². The Labute approximate surface area is 95.0 Å². The van der Waals surface area contributed by atoms with Gasteiger partial charge in [-0.2, -0.15) is 5.26 Å². The third-order valence-electron chi connectivity index (χ3n) is 1.61. The van der Waals surface area contributed by atoms with Gasteiger partial charge in [0.05, 0.1) is 10.5 Å². The number of nitriles is 1. The normalized spacial score (nSPS) is 9.87. The number of nitrogens with zero attached hydrogens (tertiary/aromatic N) is 4. The van der Waals surface area contributed by atoms with Crippen molar-refractivity contribution in [3.63, 3.8) is 0 Å². The number of hydrogen-bond donors (Lipinski definition) is 0. The third kappa shape index (κ3) is 2.32. The second-order valence-electron chi connectivity index (χ2n) is 2.67. The van der Waals surface area contributed by atoms with Crippen LogP contribution in [0.4, 0.5) is 0 Å². The van der Waals surface area contributed by atoms with E-state index in [0.717, 1.165) is 14.2 Å². The van der Waals surface area contributed by atoms with E-state index in [1.54, 1.807) is 18.5 Å². The summed E-state index contributed by atoms with van der Waals surface area (Å²) in [6.07, 6.45) is 3.27. The predicted octanol–water partition coefficient (Wildman–Crippen LogP) is 2.26. The first-order valence-electron chi connectivity index (χ1n) is 4.11. The highest BCUT2D eigenvalue weighted by Gasteiger charge is 2.07. The van der Waals surface area contributed by atoms with E-state index in [0.29, 0.717) is 5.56 Å². The fourth-order valence-electron chi connectivity index (χ4n) is 0.967. The zero-order valence-corrected chi connectivity index (χ0v) is 9.47. The lowest BCUT2D eigenvalue weighted by atomic mass is 10.3. The van der Waals surface area contributed by atoms with E-state index in [4.69, 9.17) is 5.26 Å². The molecule has 0 saturated carbocycles. The molecule has 15 heavy (non-hydrogen) atoms. The summed E-state index contributed by atoms with van der Waals surface area (Å²) in [5.41, 5.74) is 0.614. The van der Waals surface area contributed by atoms with Crippen molar-refractivity contribution in [1.82, 2.24) is 15.2 Å². The van der Waals surface area contributed by atoms with E-state index in [1.165, 1.54) is 23.1 Å². The van der Waals surface area contributed by atoms with Gasteiger partial charge in [-0.15, -0.1) is 10.2 Å². The number of rotatable bonds is 2. The van der Waals surface area contributed by atoms with Gasteiger partial charge >= 0.3 is 0 Å². The summed E-state index contributed by atoms with van der Waals surface area (Å²) in [5, 5.41) is 17.7. The van der Waals surface area contributed by atoms with Crippen LogP contribution in [0.5, 0.6) is 0 Å². The molecule has 0 unspecified atom stereocenters. The van der Waals surface area contributed by atoms with Crippen LogP contribution >= 0.6 is 23.1 Å². The smallest absolute Gasteiger partial charge is 0.179 e. The fourth-order valence-corrected chi connectivity index (χ4v) is 2.79. The molecule has 0 radical (unpaired) electrons. The SMILES string of the molecule is Cc1nnc(Sc2cnccc2C#N)s1. The van der Waals surface area contributed by atoms with Crippen molar-refractivity contribution < 1.29 is 0 Å². The minimum atomic E-state index is 0.614. The quantitative estimate of drug-likeness (QED) is 0.797. The lowest BCUT2D eigenvalue weighted by Gasteiger charge is -1.97. The van der Waals surface area contributed by atoms with Crippen LogP contribution in [0, 0.1) is 18.3 Å². The molecule has 2 heterocycles. The molecule has 0 aliphatic carbocycles. The van der Waals surface area contributed by atoms with Gasteiger partial charge in [0.15, 0.2) is 4.34 Å². The lowest BCUT2D eigenvalue weighted by Crippen LogP contribution is -1.82. The monoisotopic (exact) mass is 234 g/mol. The maximum absolute atomic E-state index is 8.88. The summed E-state index contributed by atoms with van der Waals surface area (Å²) in [6, 6.07) is 3.81. The summed E-state index contributed by atoms with van der Waals surface area (Å²) >= 11 is 2.92. The maximum Gasteiger partial charge on any atom is 0.179 e. The molecular weight excluding hydrogens is 228 g/mol. The molecule has 2 aromatic heterocycles. The molecular formula is C9H6N4S2. The highest BCUT2D eigenvalue weighted by atomic mass is 32.2. The van der Waals surface area contributed by atoms with Crippen molar-refractivity contribution in [3.8, 4) is 6.07 Å². The molecule has 0 saturated heterocycles. The van der Waals surface area contributed by atoms with E-state index < -0.39 is 0 Å². The van der Waals surface area contributed by atoms with Crippen molar-refractivity contribution in [2.75, 3.05) is 0 Å². The van der Waals surface area contributed by atoms with Gasteiger partial charge in [0.25, 0.3) is 0 Å². The van der Waals surface area contributed by atoms with Crippen LogP contribution in [0.1, 0.15) is 10.6 Å². The van der Waals surface area contributed by atoms with Gasteiger partial charge in [-0.1, -0.05) is 23.1 Å². The summed E-state index contributed by atoms with van der Waals surface area (Å²) in [5.74, 6) is 0. The van der Waals surface area contributed by atoms with Crippen LogP contribution in [0.15, 0.2) is 27.7 Å². The Morgan fingerprint density at radius 2 is 2.33 bits per heavy atom. The predicted molar refractivity (Wildman–Crippen MR) is 57.7 cm³/mol. The van der Waals surface area contributed by atoms with Crippen molar-refractivity contribution >= 4 is 23.1 Å². The molecule has 0 atom stereocenters. The molecule has 0 aromatic carbocycles. The summed E-state index contributed by atoms with van der Waals surface area (Å²) in [6.45, 7) is 1.90. The Morgan fingerprint density at radius 3 is 3.00 bits per heavy atom. The van der Waals surface area contributed by atoms with Crippen molar-refractivity contribution in [3.05, 3.63) is 29.0 Å². The van der Waals surface area contributed by atoms with Gasteiger partial charge in [-0.05, 0) is 13.0 Å². The molecule has 0 N–H and O–H groups in total. The van der Waals surface area contributed by atoms with Crippen LogP contribution in [0.2, 0.25) is 0 Å². The van der Waals surface area contributed by atoms with Crippen LogP contribution < -0.4 is 0 Å². The Hall–Kier alpha value is -1.45. The molecule has 0 bridgehead atoms. The summed E-state index contributed by atoms with van der Waals surface area (Å²) in [4.78, 5) is 4.80. The largest absolute Gasteiger partial charge is 0.263 e. The standard InChI is InChI=1S/C9H6N4S2/c1-6-12-13-9(14-6)15-8-5-11-3-2-7(8)4-10/h2-3,5H,1H3. The molecule has 2 rings (SSSR count). The zero-order chi connectivity index (χ0) is 10.7. The minimum Gasteiger partial charge on any atom is -0.263 e. The van der Waals surface area contributed by atoms with Crippen molar-refractivity contribution in [1.29, 1.82) is 5.26 Å². The van der Waals surface area contributed by atoms with Crippen LogP contribution in [0.25, 0.3) is 0 Å². The van der Waals surface area contributed by atoms with Crippen molar-refractivity contribution in [2.45, 2.75) is 16.2 Å². The van der Waals surface area contributed by atoms with Crippen LogP contribution in [-0.4, -0.2) is 15.2 Å². The second kappa shape index (κ2) is 4.38. The first kappa shape index (κ1) is 10.1. The highest BCUT2D eigenvalue weighted by Crippen LogP contribution is 2.31. The number of aryl methyl sites for hydroxylation is 1. The second-order valence-corrected chi connectivity index (χ2v) is 5.14. The number of aromatic nitrogens is 3. The molecule has 0 fully saturated rings. The molecule has 0 spiro atoms.